The van der Waals surface area contributed by atoms with Gasteiger partial charge in [-0.1, -0.05) is 39.0 Å². The molecule has 0 bridgehead atoms. The molecule has 3 heteroatoms. The van der Waals surface area contributed by atoms with Gasteiger partial charge < -0.3 is 10.8 Å². The second-order valence-electron chi connectivity index (χ2n) is 7.65. The van der Waals surface area contributed by atoms with E-state index < -0.39 is 5.97 Å². The van der Waals surface area contributed by atoms with E-state index in [1.807, 2.05) is 0 Å². The van der Waals surface area contributed by atoms with Crippen LogP contribution in [-0.2, 0) is 4.79 Å². The summed E-state index contributed by atoms with van der Waals surface area (Å²) in [5, 5.41) is 9.40. The number of hydrogen-bond acceptors (Lipinski definition) is 2. The maximum atomic E-state index is 11.4. The number of carboxylic acid groups (broad SMARTS) is 1. The molecule has 0 aliphatic heterocycles. The fraction of sp³-hybridized carbons (Fsp3) is 0.941. The molecule has 0 amide bonds. The summed E-state index contributed by atoms with van der Waals surface area (Å²) >= 11 is 0. The molecule has 3 N–H and O–H groups in total. The van der Waals surface area contributed by atoms with Crippen molar-refractivity contribution in [1.29, 1.82) is 0 Å². The van der Waals surface area contributed by atoms with Crippen molar-refractivity contribution in [3.63, 3.8) is 0 Å². The predicted octanol–water partition coefficient (Wildman–Crippen LogP) is 3.28. The zero-order valence-corrected chi connectivity index (χ0v) is 12.7. The van der Waals surface area contributed by atoms with Gasteiger partial charge in [-0.25, -0.2) is 0 Å². The third-order valence-corrected chi connectivity index (χ3v) is 6.97. The molecule has 3 rings (SSSR count). The second kappa shape index (κ2) is 5.32. The van der Waals surface area contributed by atoms with Crippen molar-refractivity contribution in [2.75, 3.05) is 6.54 Å². The monoisotopic (exact) mass is 279 g/mol. The third-order valence-electron chi connectivity index (χ3n) is 6.97. The van der Waals surface area contributed by atoms with Crippen LogP contribution in [0.4, 0.5) is 0 Å². The fourth-order valence-electron chi connectivity index (χ4n) is 5.51. The Morgan fingerprint density at radius 3 is 2.55 bits per heavy atom. The number of aliphatic carboxylic acids is 1. The molecule has 0 radical (unpaired) electrons. The van der Waals surface area contributed by atoms with E-state index >= 15 is 0 Å². The summed E-state index contributed by atoms with van der Waals surface area (Å²) < 4.78 is 0. The number of carbonyl (C=O) groups is 1. The molecule has 0 spiro atoms. The molecule has 3 aliphatic carbocycles. The molecule has 3 nitrogen and oxygen atoms in total. The van der Waals surface area contributed by atoms with Gasteiger partial charge in [0.2, 0.25) is 0 Å². The molecule has 3 saturated carbocycles. The van der Waals surface area contributed by atoms with Gasteiger partial charge in [0.1, 0.15) is 0 Å². The summed E-state index contributed by atoms with van der Waals surface area (Å²) in [6.07, 6.45) is 10.4. The van der Waals surface area contributed by atoms with E-state index in [-0.39, 0.29) is 11.3 Å². The van der Waals surface area contributed by atoms with Crippen LogP contribution in [0.5, 0.6) is 0 Å². The van der Waals surface area contributed by atoms with E-state index in [0.29, 0.717) is 12.5 Å². The van der Waals surface area contributed by atoms with Crippen molar-refractivity contribution in [3.8, 4) is 0 Å². The highest BCUT2D eigenvalue weighted by atomic mass is 16.4. The molecule has 0 heterocycles. The molecule has 20 heavy (non-hydrogen) atoms. The maximum Gasteiger partial charge on any atom is 0.307 e. The second-order valence-corrected chi connectivity index (χ2v) is 7.65. The van der Waals surface area contributed by atoms with Crippen molar-refractivity contribution in [2.45, 2.75) is 58.3 Å². The van der Waals surface area contributed by atoms with E-state index in [1.54, 1.807) is 0 Å². The first-order valence-corrected chi connectivity index (χ1v) is 8.53. The Morgan fingerprint density at radius 2 is 1.95 bits per heavy atom. The largest absolute Gasteiger partial charge is 0.481 e. The molecular weight excluding hydrogens is 250 g/mol. The van der Waals surface area contributed by atoms with E-state index in [0.717, 1.165) is 30.6 Å². The molecule has 3 aliphatic rings. The maximum absolute atomic E-state index is 11.4. The van der Waals surface area contributed by atoms with Crippen LogP contribution in [-0.4, -0.2) is 17.6 Å². The van der Waals surface area contributed by atoms with Crippen LogP contribution < -0.4 is 5.73 Å². The van der Waals surface area contributed by atoms with Gasteiger partial charge in [-0.15, -0.1) is 0 Å². The van der Waals surface area contributed by atoms with Gasteiger partial charge in [0.05, 0.1) is 5.92 Å². The normalized spacial score (nSPS) is 42.8. The average molecular weight is 279 g/mol. The summed E-state index contributed by atoms with van der Waals surface area (Å²) in [6, 6.07) is 0. The first-order chi connectivity index (χ1) is 9.60. The van der Waals surface area contributed by atoms with E-state index in [1.165, 1.54) is 38.5 Å². The Kier molecular flexibility index (Phi) is 3.83. The Hall–Kier alpha value is -0.570. The first kappa shape index (κ1) is 14.4. The summed E-state index contributed by atoms with van der Waals surface area (Å²) in [5.41, 5.74) is 5.88. The molecule has 0 aromatic heterocycles. The number of fused-ring (bicyclic) bond motifs is 1. The summed E-state index contributed by atoms with van der Waals surface area (Å²) in [5.74, 6) is 2.03. The zero-order chi connectivity index (χ0) is 14.3. The summed E-state index contributed by atoms with van der Waals surface area (Å²) in [6.45, 7) is 2.99. The van der Waals surface area contributed by atoms with Crippen LogP contribution in [0.15, 0.2) is 0 Å². The van der Waals surface area contributed by atoms with Crippen LogP contribution >= 0.6 is 0 Å². The van der Waals surface area contributed by atoms with Gasteiger partial charge in [-0.05, 0) is 54.9 Å². The van der Waals surface area contributed by atoms with Crippen molar-refractivity contribution in [3.05, 3.63) is 0 Å². The lowest BCUT2D eigenvalue weighted by molar-refractivity contribution is -0.139. The van der Waals surface area contributed by atoms with Crippen molar-refractivity contribution in [1.82, 2.24) is 0 Å². The lowest BCUT2D eigenvalue weighted by Crippen LogP contribution is -2.30. The summed E-state index contributed by atoms with van der Waals surface area (Å²) in [7, 11) is 0. The number of hydrogen-bond donors (Lipinski definition) is 2. The minimum absolute atomic E-state index is 0.0331. The average Bonchev–Trinajstić information content (AvgIpc) is 3.16. The Morgan fingerprint density at radius 1 is 1.25 bits per heavy atom. The molecular formula is C17H29NO2. The van der Waals surface area contributed by atoms with Gasteiger partial charge in [0, 0.05) is 0 Å². The van der Waals surface area contributed by atoms with Gasteiger partial charge in [-0.3, -0.25) is 4.79 Å². The molecule has 5 atom stereocenters. The third kappa shape index (κ3) is 2.18. The quantitative estimate of drug-likeness (QED) is 0.830. The van der Waals surface area contributed by atoms with Crippen molar-refractivity contribution in [2.24, 2.45) is 40.7 Å². The highest BCUT2D eigenvalue weighted by Gasteiger charge is 2.68. The topological polar surface area (TPSA) is 63.3 Å². The molecule has 3 fully saturated rings. The highest BCUT2D eigenvalue weighted by molar-refractivity contribution is 5.76. The number of nitrogens with two attached hydrogens (primary N) is 1. The Labute approximate surface area is 122 Å². The smallest absolute Gasteiger partial charge is 0.307 e. The number of carboxylic acids is 1. The van der Waals surface area contributed by atoms with Crippen LogP contribution in [0.25, 0.3) is 0 Å². The molecule has 0 aromatic carbocycles. The summed E-state index contributed by atoms with van der Waals surface area (Å²) in [4.78, 5) is 11.4. The minimum Gasteiger partial charge on any atom is -0.481 e. The van der Waals surface area contributed by atoms with Crippen LogP contribution in [0.3, 0.4) is 0 Å². The predicted molar refractivity (Wildman–Crippen MR) is 79.2 cm³/mol. The Bertz CT molecular complexity index is 377. The lowest BCUT2D eigenvalue weighted by Gasteiger charge is -2.37. The van der Waals surface area contributed by atoms with Gasteiger partial charge in [0.15, 0.2) is 0 Å². The standard InChI is InChI=1S/C17H29NO2/c1-11(12-5-3-2-4-6-12)13-7-8-17(10-18)14(9-13)15(17)16(19)20/h11-15H,2-10,18H2,1H3,(H,19,20). The SMILES string of the molecule is CC(C1CCCCC1)C1CCC2(CN)C(C1)C2C(=O)O. The van der Waals surface area contributed by atoms with Crippen LogP contribution in [0.1, 0.15) is 58.3 Å². The van der Waals surface area contributed by atoms with E-state index in [4.69, 9.17) is 5.73 Å². The van der Waals surface area contributed by atoms with Crippen molar-refractivity contribution >= 4 is 5.97 Å². The van der Waals surface area contributed by atoms with E-state index in [9.17, 15) is 9.90 Å². The lowest BCUT2D eigenvalue weighted by atomic mass is 9.69. The molecule has 0 saturated heterocycles. The highest BCUT2D eigenvalue weighted by Crippen LogP contribution is 2.67. The van der Waals surface area contributed by atoms with Gasteiger partial charge >= 0.3 is 5.97 Å². The van der Waals surface area contributed by atoms with Crippen LogP contribution in [0.2, 0.25) is 0 Å². The van der Waals surface area contributed by atoms with Gasteiger partial charge in [0.25, 0.3) is 0 Å². The van der Waals surface area contributed by atoms with Gasteiger partial charge in [-0.2, -0.15) is 0 Å². The minimum atomic E-state index is -0.605. The zero-order valence-electron chi connectivity index (χ0n) is 12.7. The van der Waals surface area contributed by atoms with Crippen LogP contribution in [0, 0.1) is 35.0 Å². The number of rotatable bonds is 4. The molecule has 5 unspecified atom stereocenters. The molecule has 0 aromatic rings. The fourth-order valence-corrected chi connectivity index (χ4v) is 5.51. The van der Waals surface area contributed by atoms with Crippen molar-refractivity contribution < 1.29 is 9.90 Å². The Balaban J connectivity index is 1.63. The van der Waals surface area contributed by atoms with E-state index in [2.05, 4.69) is 6.92 Å². The first-order valence-electron chi connectivity index (χ1n) is 8.53. The molecule has 114 valence electrons.